The normalized spacial score (nSPS) is 25.0. The number of halogens is 2. The molecule has 2 unspecified atom stereocenters. The Labute approximate surface area is 124 Å². The minimum Gasteiger partial charge on any atom is -0.399 e. The summed E-state index contributed by atoms with van der Waals surface area (Å²) in [6.07, 6.45) is 3.85. The Hall–Kier alpha value is -0.930. The number of benzene rings is 1. The number of nitrogens with two attached hydrogens (primary N) is 1. The summed E-state index contributed by atoms with van der Waals surface area (Å²) in [6, 6.07) is 5.11. The van der Waals surface area contributed by atoms with Crippen molar-refractivity contribution < 1.29 is 4.79 Å². The molecule has 5 heteroatoms. The van der Waals surface area contributed by atoms with Gasteiger partial charge in [0.15, 0.2) is 0 Å². The van der Waals surface area contributed by atoms with Crippen LogP contribution >= 0.6 is 24.0 Å². The predicted octanol–water partition coefficient (Wildman–Crippen LogP) is 3.22. The number of nitrogens with zero attached hydrogens (tertiary/aromatic N) is 1. The van der Waals surface area contributed by atoms with Crippen LogP contribution in [0, 0.1) is 11.8 Å². The van der Waals surface area contributed by atoms with E-state index in [9.17, 15) is 4.79 Å². The molecular weight excluding hydrogens is 283 g/mol. The number of likely N-dealkylation sites (tertiary alicyclic amines) is 1. The monoisotopic (exact) mass is 300 g/mol. The van der Waals surface area contributed by atoms with Crippen molar-refractivity contribution in [1.29, 1.82) is 0 Å². The Bertz CT molecular complexity index is 480. The third-order valence-electron chi connectivity index (χ3n) is 4.24. The number of hydrogen-bond acceptors (Lipinski definition) is 2. The Kier molecular flexibility index (Phi) is 4.26. The second-order valence-electron chi connectivity index (χ2n) is 5.40. The Balaban J connectivity index is 0.00000133. The molecule has 104 valence electrons. The fourth-order valence-electron chi connectivity index (χ4n) is 3.28. The Morgan fingerprint density at radius 2 is 1.89 bits per heavy atom. The van der Waals surface area contributed by atoms with Gasteiger partial charge in [0.1, 0.15) is 0 Å². The number of carbonyl (C=O) groups is 1. The number of carbonyl (C=O) groups excluding carboxylic acids is 1. The second kappa shape index (κ2) is 5.59. The third kappa shape index (κ3) is 2.67. The molecule has 1 amide bonds. The maximum atomic E-state index is 12.4. The van der Waals surface area contributed by atoms with Crippen LogP contribution in [-0.4, -0.2) is 23.9 Å². The van der Waals surface area contributed by atoms with E-state index in [1.54, 1.807) is 18.2 Å². The largest absolute Gasteiger partial charge is 0.399 e. The number of rotatable bonds is 1. The summed E-state index contributed by atoms with van der Waals surface area (Å²) in [4.78, 5) is 14.4. The van der Waals surface area contributed by atoms with E-state index < -0.39 is 0 Å². The number of amides is 1. The van der Waals surface area contributed by atoms with Crippen molar-refractivity contribution in [3.63, 3.8) is 0 Å². The highest BCUT2D eigenvalue weighted by Gasteiger charge is 2.38. The van der Waals surface area contributed by atoms with E-state index in [2.05, 4.69) is 0 Å². The van der Waals surface area contributed by atoms with Crippen molar-refractivity contribution >= 4 is 35.6 Å². The summed E-state index contributed by atoms with van der Waals surface area (Å²) in [5, 5.41) is 0.456. The zero-order valence-corrected chi connectivity index (χ0v) is 12.2. The first-order chi connectivity index (χ1) is 8.65. The molecule has 2 atom stereocenters. The smallest absolute Gasteiger partial charge is 0.255 e. The van der Waals surface area contributed by atoms with Gasteiger partial charge in [0.25, 0.3) is 5.91 Å². The first kappa shape index (κ1) is 14.5. The maximum Gasteiger partial charge on any atom is 0.255 e. The van der Waals surface area contributed by atoms with Gasteiger partial charge in [-0.25, -0.2) is 0 Å². The van der Waals surface area contributed by atoms with Crippen molar-refractivity contribution in [1.82, 2.24) is 4.90 Å². The van der Waals surface area contributed by atoms with Gasteiger partial charge in [0.2, 0.25) is 0 Å². The molecule has 2 aliphatic rings. The Morgan fingerprint density at radius 3 is 2.47 bits per heavy atom. The van der Waals surface area contributed by atoms with Crippen LogP contribution in [0.2, 0.25) is 5.02 Å². The summed E-state index contributed by atoms with van der Waals surface area (Å²) in [7, 11) is 0. The molecule has 0 spiro atoms. The SMILES string of the molecule is Cl.Nc1ccc(C(=O)N2CC3CCCC3C2)c(Cl)c1. The molecule has 0 bridgehead atoms. The molecule has 3 nitrogen and oxygen atoms in total. The highest BCUT2D eigenvalue weighted by Crippen LogP contribution is 2.38. The summed E-state index contributed by atoms with van der Waals surface area (Å²) in [5.41, 5.74) is 6.81. The fraction of sp³-hybridized carbons (Fsp3) is 0.500. The minimum atomic E-state index is 0. The molecule has 1 aliphatic heterocycles. The molecule has 0 aromatic heterocycles. The lowest BCUT2D eigenvalue weighted by atomic mass is 10.0. The van der Waals surface area contributed by atoms with Crippen molar-refractivity contribution in [3.8, 4) is 0 Å². The van der Waals surface area contributed by atoms with Gasteiger partial charge in [-0.15, -0.1) is 12.4 Å². The number of anilines is 1. The van der Waals surface area contributed by atoms with Crippen LogP contribution in [0.1, 0.15) is 29.6 Å². The molecule has 1 heterocycles. The van der Waals surface area contributed by atoms with E-state index in [1.165, 1.54) is 19.3 Å². The second-order valence-corrected chi connectivity index (χ2v) is 5.81. The predicted molar refractivity (Wildman–Crippen MR) is 79.8 cm³/mol. The van der Waals surface area contributed by atoms with E-state index in [-0.39, 0.29) is 18.3 Å². The molecule has 19 heavy (non-hydrogen) atoms. The summed E-state index contributed by atoms with van der Waals surface area (Å²) < 4.78 is 0. The van der Waals surface area contributed by atoms with Crippen molar-refractivity contribution in [2.24, 2.45) is 11.8 Å². The average Bonchev–Trinajstić information content (AvgIpc) is 2.87. The summed E-state index contributed by atoms with van der Waals surface area (Å²) in [5.74, 6) is 1.47. The van der Waals surface area contributed by atoms with Gasteiger partial charge in [-0.2, -0.15) is 0 Å². The van der Waals surface area contributed by atoms with Gasteiger partial charge in [-0.1, -0.05) is 18.0 Å². The van der Waals surface area contributed by atoms with Crippen LogP contribution < -0.4 is 5.73 Å². The summed E-state index contributed by atoms with van der Waals surface area (Å²) in [6.45, 7) is 1.79. The van der Waals surface area contributed by atoms with Crippen LogP contribution in [0.4, 0.5) is 5.69 Å². The van der Waals surface area contributed by atoms with E-state index in [0.29, 0.717) is 28.1 Å². The van der Waals surface area contributed by atoms with E-state index in [4.69, 9.17) is 17.3 Å². The topological polar surface area (TPSA) is 46.3 Å². The van der Waals surface area contributed by atoms with Gasteiger partial charge >= 0.3 is 0 Å². The van der Waals surface area contributed by atoms with Crippen LogP contribution in [0.5, 0.6) is 0 Å². The molecule has 1 saturated heterocycles. The molecule has 1 aromatic carbocycles. The van der Waals surface area contributed by atoms with Crippen molar-refractivity contribution in [3.05, 3.63) is 28.8 Å². The van der Waals surface area contributed by atoms with Crippen LogP contribution in [0.25, 0.3) is 0 Å². The van der Waals surface area contributed by atoms with E-state index in [0.717, 1.165) is 13.1 Å². The number of fused-ring (bicyclic) bond motifs is 1. The molecule has 2 fully saturated rings. The molecule has 2 N–H and O–H groups in total. The fourth-order valence-corrected chi connectivity index (χ4v) is 3.55. The van der Waals surface area contributed by atoms with Gasteiger partial charge in [0, 0.05) is 18.8 Å². The zero-order chi connectivity index (χ0) is 12.7. The standard InChI is InChI=1S/C14H17ClN2O.ClH/c15-13-6-11(16)4-5-12(13)14(18)17-7-9-2-1-3-10(9)8-17;/h4-6,9-10H,1-3,7-8,16H2;1H. The number of hydrogen-bond donors (Lipinski definition) is 1. The molecule has 1 aliphatic carbocycles. The summed E-state index contributed by atoms with van der Waals surface area (Å²) >= 11 is 6.10. The van der Waals surface area contributed by atoms with Gasteiger partial charge in [-0.05, 0) is 42.9 Å². The lowest BCUT2D eigenvalue weighted by Gasteiger charge is -2.18. The molecule has 1 saturated carbocycles. The van der Waals surface area contributed by atoms with E-state index >= 15 is 0 Å². The highest BCUT2D eigenvalue weighted by molar-refractivity contribution is 6.34. The van der Waals surface area contributed by atoms with E-state index in [1.807, 2.05) is 4.90 Å². The molecular formula is C14H18Cl2N2O. The first-order valence-electron chi connectivity index (χ1n) is 6.49. The molecule has 1 aromatic rings. The Morgan fingerprint density at radius 1 is 1.26 bits per heavy atom. The zero-order valence-electron chi connectivity index (χ0n) is 10.6. The molecule has 0 radical (unpaired) electrons. The van der Waals surface area contributed by atoms with Crippen molar-refractivity contribution in [2.45, 2.75) is 19.3 Å². The van der Waals surface area contributed by atoms with Crippen LogP contribution in [0.3, 0.4) is 0 Å². The molecule has 3 rings (SSSR count). The maximum absolute atomic E-state index is 12.4. The van der Waals surface area contributed by atoms with Gasteiger partial charge in [0.05, 0.1) is 10.6 Å². The number of nitrogen functional groups attached to an aromatic ring is 1. The van der Waals surface area contributed by atoms with Gasteiger partial charge in [-0.3, -0.25) is 4.79 Å². The van der Waals surface area contributed by atoms with Crippen molar-refractivity contribution in [2.75, 3.05) is 18.8 Å². The highest BCUT2D eigenvalue weighted by atomic mass is 35.5. The quantitative estimate of drug-likeness (QED) is 0.810. The van der Waals surface area contributed by atoms with Gasteiger partial charge < -0.3 is 10.6 Å². The third-order valence-corrected chi connectivity index (χ3v) is 4.55. The van der Waals surface area contributed by atoms with Crippen LogP contribution in [0.15, 0.2) is 18.2 Å². The minimum absolute atomic E-state index is 0. The van der Waals surface area contributed by atoms with Crippen LogP contribution in [-0.2, 0) is 0 Å². The average molecular weight is 301 g/mol. The first-order valence-corrected chi connectivity index (χ1v) is 6.87. The lowest BCUT2D eigenvalue weighted by Crippen LogP contribution is -2.29. The lowest BCUT2D eigenvalue weighted by molar-refractivity contribution is 0.0781.